The Morgan fingerprint density at radius 1 is 0.812 bits per heavy atom. The van der Waals surface area contributed by atoms with E-state index in [4.69, 9.17) is 0 Å². The standard InChI is InChI=1S/C28H30N2O2/c1-21(25-17-16-24-14-8-9-15-26(24)18-25)29-27(31)28(32)30(19-22-10-4-2-5-11-22)20-23-12-6-3-7-13-23/h2-7,10-13,16-18,21H,8-9,14-15,19-20H2,1H3,(H,29,31). The van der Waals surface area contributed by atoms with Crippen LogP contribution < -0.4 is 5.32 Å². The number of carbonyl (C=O) groups is 2. The van der Waals surface area contributed by atoms with Crippen LogP contribution in [0.1, 0.15) is 53.6 Å². The first-order valence-corrected chi connectivity index (χ1v) is 11.4. The Bertz CT molecular complexity index is 1020. The van der Waals surface area contributed by atoms with Crippen LogP contribution in [0.15, 0.2) is 78.9 Å². The summed E-state index contributed by atoms with van der Waals surface area (Å²) >= 11 is 0. The summed E-state index contributed by atoms with van der Waals surface area (Å²) in [6.07, 6.45) is 4.67. The molecule has 0 aliphatic heterocycles. The lowest BCUT2D eigenvalue weighted by molar-refractivity contribution is -0.147. The van der Waals surface area contributed by atoms with Crippen LogP contribution in [0, 0.1) is 0 Å². The summed E-state index contributed by atoms with van der Waals surface area (Å²) in [4.78, 5) is 27.7. The molecule has 0 saturated heterocycles. The van der Waals surface area contributed by atoms with Crippen molar-refractivity contribution >= 4 is 11.8 Å². The number of aryl methyl sites for hydroxylation is 2. The van der Waals surface area contributed by atoms with Gasteiger partial charge in [-0.05, 0) is 60.4 Å². The van der Waals surface area contributed by atoms with Gasteiger partial charge in [-0.15, -0.1) is 0 Å². The maximum atomic E-state index is 13.2. The van der Waals surface area contributed by atoms with Gasteiger partial charge >= 0.3 is 11.8 Å². The highest BCUT2D eigenvalue weighted by Crippen LogP contribution is 2.25. The molecule has 3 aromatic carbocycles. The average Bonchev–Trinajstić information content (AvgIpc) is 2.84. The van der Waals surface area contributed by atoms with Crippen LogP contribution in [-0.4, -0.2) is 16.7 Å². The first-order chi connectivity index (χ1) is 15.6. The molecule has 0 aromatic heterocycles. The molecule has 0 saturated carbocycles. The molecule has 1 N–H and O–H groups in total. The monoisotopic (exact) mass is 426 g/mol. The summed E-state index contributed by atoms with van der Waals surface area (Å²) in [5.41, 5.74) is 5.81. The molecule has 0 radical (unpaired) electrons. The van der Waals surface area contributed by atoms with Crippen molar-refractivity contribution in [2.45, 2.75) is 51.7 Å². The topological polar surface area (TPSA) is 49.4 Å². The molecule has 0 heterocycles. The van der Waals surface area contributed by atoms with Crippen molar-refractivity contribution in [3.63, 3.8) is 0 Å². The van der Waals surface area contributed by atoms with E-state index in [0.717, 1.165) is 29.5 Å². The first kappa shape index (κ1) is 21.8. The Hall–Kier alpha value is -3.40. The maximum Gasteiger partial charge on any atom is 0.312 e. The number of rotatable bonds is 6. The van der Waals surface area contributed by atoms with Crippen molar-refractivity contribution < 1.29 is 9.59 Å². The van der Waals surface area contributed by atoms with Crippen molar-refractivity contribution in [3.8, 4) is 0 Å². The number of benzene rings is 3. The van der Waals surface area contributed by atoms with Crippen LogP contribution in [0.4, 0.5) is 0 Å². The highest BCUT2D eigenvalue weighted by Gasteiger charge is 2.24. The van der Waals surface area contributed by atoms with Crippen LogP contribution in [0.5, 0.6) is 0 Å². The normalized spacial score (nSPS) is 13.7. The van der Waals surface area contributed by atoms with Gasteiger partial charge in [-0.2, -0.15) is 0 Å². The van der Waals surface area contributed by atoms with E-state index in [1.807, 2.05) is 67.6 Å². The highest BCUT2D eigenvalue weighted by atomic mass is 16.2. The fraction of sp³-hybridized carbons (Fsp3) is 0.286. The number of nitrogens with one attached hydrogen (secondary N) is 1. The summed E-state index contributed by atoms with van der Waals surface area (Å²) in [6, 6.07) is 25.8. The molecular weight excluding hydrogens is 396 g/mol. The van der Waals surface area contributed by atoms with E-state index in [0.29, 0.717) is 13.1 Å². The van der Waals surface area contributed by atoms with E-state index >= 15 is 0 Å². The minimum absolute atomic E-state index is 0.228. The van der Waals surface area contributed by atoms with Crippen LogP contribution in [-0.2, 0) is 35.5 Å². The lowest BCUT2D eigenvalue weighted by Gasteiger charge is -2.24. The van der Waals surface area contributed by atoms with E-state index < -0.39 is 11.8 Å². The van der Waals surface area contributed by atoms with Crippen LogP contribution in [0.2, 0.25) is 0 Å². The molecule has 0 fully saturated rings. The molecule has 4 rings (SSSR count). The summed E-state index contributed by atoms with van der Waals surface area (Å²) in [5, 5.41) is 2.92. The average molecular weight is 427 g/mol. The second-order valence-corrected chi connectivity index (χ2v) is 8.56. The first-order valence-electron chi connectivity index (χ1n) is 11.4. The van der Waals surface area contributed by atoms with Gasteiger partial charge < -0.3 is 10.2 Å². The third-order valence-electron chi connectivity index (χ3n) is 6.13. The van der Waals surface area contributed by atoms with Gasteiger partial charge in [-0.25, -0.2) is 0 Å². The van der Waals surface area contributed by atoms with Gasteiger partial charge in [0, 0.05) is 13.1 Å². The molecule has 32 heavy (non-hydrogen) atoms. The number of fused-ring (bicyclic) bond motifs is 1. The summed E-state index contributed by atoms with van der Waals surface area (Å²) < 4.78 is 0. The van der Waals surface area contributed by atoms with Gasteiger partial charge in [0.25, 0.3) is 0 Å². The minimum Gasteiger partial charge on any atom is -0.341 e. The Kier molecular flexibility index (Phi) is 7.00. The van der Waals surface area contributed by atoms with Crippen molar-refractivity contribution in [1.29, 1.82) is 0 Å². The molecular formula is C28H30N2O2. The van der Waals surface area contributed by atoms with Gasteiger partial charge in [-0.3, -0.25) is 9.59 Å². The van der Waals surface area contributed by atoms with E-state index in [1.165, 1.54) is 24.0 Å². The number of hydrogen-bond donors (Lipinski definition) is 1. The SMILES string of the molecule is CC(NC(=O)C(=O)N(Cc1ccccc1)Cc1ccccc1)c1ccc2c(c1)CCCC2. The maximum absolute atomic E-state index is 13.2. The zero-order chi connectivity index (χ0) is 22.3. The van der Waals surface area contributed by atoms with Crippen LogP contribution in [0.3, 0.4) is 0 Å². The molecule has 1 atom stereocenters. The molecule has 164 valence electrons. The fourth-order valence-electron chi connectivity index (χ4n) is 4.32. The van der Waals surface area contributed by atoms with Gasteiger partial charge in [0.2, 0.25) is 0 Å². The second-order valence-electron chi connectivity index (χ2n) is 8.56. The molecule has 0 spiro atoms. The third-order valence-corrected chi connectivity index (χ3v) is 6.13. The van der Waals surface area contributed by atoms with Crippen molar-refractivity contribution in [1.82, 2.24) is 10.2 Å². The number of nitrogens with zero attached hydrogens (tertiary/aromatic N) is 1. The lowest BCUT2D eigenvalue weighted by atomic mass is 9.89. The molecule has 2 amide bonds. The number of carbonyl (C=O) groups excluding carboxylic acids is 2. The molecule has 0 bridgehead atoms. The molecule has 1 aliphatic rings. The van der Waals surface area contributed by atoms with E-state index in [2.05, 4.69) is 23.5 Å². The third kappa shape index (κ3) is 5.44. The van der Waals surface area contributed by atoms with E-state index in [-0.39, 0.29) is 6.04 Å². The predicted octanol–water partition coefficient (Wildman–Crippen LogP) is 4.97. The van der Waals surface area contributed by atoms with Gasteiger partial charge in [0.05, 0.1) is 6.04 Å². The molecule has 3 aromatic rings. The molecule has 4 nitrogen and oxygen atoms in total. The van der Waals surface area contributed by atoms with E-state index in [9.17, 15) is 9.59 Å². The van der Waals surface area contributed by atoms with Crippen molar-refractivity contribution in [2.24, 2.45) is 0 Å². The Morgan fingerprint density at radius 2 is 1.38 bits per heavy atom. The fourth-order valence-corrected chi connectivity index (χ4v) is 4.32. The quantitative estimate of drug-likeness (QED) is 0.566. The van der Waals surface area contributed by atoms with Crippen LogP contribution >= 0.6 is 0 Å². The van der Waals surface area contributed by atoms with Gasteiger partial charge in [0.15, 0.2) is 0 Å². The smallest absolute Gasteiger partial charge is 0.312 e. The number of hydrogen-bond acceptors (Lipinski definition) is 2. The van der Waals surface area contributed by atoms with Crippen LogP contribution in [0.25, 0.3) is 0 Å². The van der Waals surface area contributed by atoms with Gasteiger partial charge in [-0.1, -0.05) is 78.9 Å². The largest absolute Gasteiger partial charge is 0.341 e. The minimum atomic E-state index is -0.568. The Balaban J connectivity index is 1.47. The van der Waals surface area contributed by atoms with Crippen molar-refractivity contribution in [2.75, 3.05) is 0 Å². The lowest BCUT2D eigenvalue weighted by Crippen LogP contribution is -2.43. The second kappa shape index (κ2) is 10.3. The van der Waals surface area contributed by atoms with E-state index in [1.54, 1.807) is 4.90 Å². The molecule has 4 heteroatoms. The predicted molar refractivity (Wildman–Crippen MR) is 127 cm³/mol. The zero-order valence-electron chi connectivity index (χ0n) is 18.6. The number of amides is 2. The van der Waals surface area contributed by atoms with Gasteiger partial charge in [0.1, 0.15) is 0 Å². The highest BCUT2D eigenvalue weighted by molar-refractivity contribution is 6.35. The summed E-state index contributed by atoms with van der Waals surface area (Å²) in [6.45, 7) is 2.71. The molecule has 1 aliphatic carbocycles. The Morgan fingerprint density at radius 3 is 1.97 bits per heavy atom. The Labute approximate surface area is 190 Å². The molecule has 1 unspecified atom stereocenters. The zero-order valence-corrected chi connectivity index (χ0v) is 18.6. The summed E-state index contributed by atoms with van der Waals surface area (Å²) in [5.74, 6) is -1.08. The van der Waals surface area contributed by atoms with Crippen molar-refractivity contribution in [3.05, 3.63) is 107 Å². The summed E-state index contributed by atoms with van der Waals surface area (Å²) in [7, 11) is 0.